The van der Waals surface area contributed by atoms with Crippen molar-refractivity contribution in [3.63, 3.8) is 0 Å². The summed E-state index contributed by atoms with van der Waals surface area (Å²) in [5.74, 6) is 0. The molecule has 4 aromatic rings. The van der Waals surface area contributed by atoms with Gasteiger partial charge in [-0.15, -0.1) is 0 Å². The molecule has 132 valence electrons. The second kappa shape index (κ2) is 6.48. The Balaban J connectivity index is 1.77. The Morgan fingerprint density at radius 1 is 0.815 bits per heavy atom. The monoisotopic (exact) mass is 350 g/mol. The fraction of sp³-hybridized carbons (Fsp3) is 0.120. The lowest BCUT2D eigenvalue weighted by Crippen LogP contribution is -2.34. The van der Waals surface area contributed by atoms with Crippen molar-refractivity contribution in [3.8, 4) is 5.69 Å². The Bertz CT molecular complexity index is 1230. The molecule has 0 fully saturated rings. The number of nitrogens with zero attached hydrogens (tertiary/aromatic N) is 1. The second-order valence-electron chi connectivity index (χ2n) is 7.21. The minimum absolute atomic E-state index is 0.934. The molecule has 0 saturated heterocycles. The standard InChI is InChI=1S/C25H22N2/c26-22-12-7-13-24-25(22)21-17-19(16-18-8-3-1-4-9-18)14-15-23(21)27(24)20-10-5-2-6-11-20/h1-6,8-11,13-15,17H,7,12,16,26H2. The zero-order valence-electron chi connectivity index (χ0n) is 15.2. The van der Waals surface area contributed by atoms with Gasteiger partial charge in [-0.05, 0) is 54.7 Å². The van der Waals surface area contributed by atoms with Gasteiger partial charge in [0.05, 0.1) is 10.9 Å². The van der Waals surface area contributed by atoms with Crippen LogP contribution in [-0.2, 0) is 6.42 Å². The fourth-order valence-corrected chi connectivity index (χ4v) is 4.17. The Morgan fingerprint density at radius 3 is 2.33 bits per heavy atom. The lowest BCUT2D eigenvalue weighted by atomic mass is 10.0. The van der Waals surface area contributed by atoms with Gasteiger partial charge in [0.15, 0.2) is 0 Å². The third-order valence-electron chi connectivity index (χ3n) is 5.41. The number of fused-ring (bicyclic) bond motifs is 3. The predicted octanol–water partition coefficient (Wildman–Crippen LogP) is 3.86. The molecule has 0 radical (unpaired) electrons. The van der Waals surface area contributed by atoms with Crippen molar-refractivity contribution in [1.29, 1.82) is 0 Å². The summed E-state index contributed by atoms with van der Waals surface area (Å²) in [6, 6.07) is 28.0. The molecule has 2 heteroatoms. The van der Waals surface area contributed by atoms with Gasteiger partial charge >= 0.3 is 0 Å². The van der Waals surface area contributed by atoms with Gasteiger partial charge in [-0.3, -0.25) is 0 Å². The first kappa shape index (κ1) is 16.0. The molecule has 3 aromatic carbocycles. The summed E-state index contributed by atoms with van der Waals surface area (Å²) in [5.41, 5.74) is 12.6. The molecule has 1 aromatic heterocycles. The van der Waals surface area contributed by atoms with Crippen LogP contribution in [0.5, 0.6) is 0 Å². The first-order chi connectivity index (χ1) is 13.3. The van der Waals surface area contributed by atoms with Crippen molar-refractivity contribution in [3.05, 3.63) is 101 Å². The molecule has 1 aliphatic carbocycles. The number of hydrogen-bond acceptors (Lipinski definition) is 1. The van der Waals surface area contributed by atoms with E-state index in [1.807, 2.05) is 0 Å². The summed E-state index contributed by atoms with van der Waals surface area (Å²) in [7, 11) is 0. The lowest BCUT2D eigenvalue weighted by Gasteiger charge is -2.08. The van der Waals surface area contributed by atoms with Crippen LogP contribution in [0.4, 0.5) is 0 Å². The van der Waals surface area contributed by atoms with Crippen LogP contribution in [0.1, 0.15) is 24.0 Å². The topological polar surface area (TPSA) is 30.9 Å². The SMILES string of the molecule is NC1=c2c(n(-c3ccccc3)c3ccc(Cc4ccccc4)cc23)=CCC1. The number of rotatable bonds is 3. The molecule has 1 aliphatic rings. The van der Waals surface area contributed by atoms with Crippen LogP contribution in [0, 0.1) is 0 Å². The van der Waals surface area contributed by atoms with Gasteiger partial charge in [-0.25, -0.2) is 0 Å². The predicted molar refractivity (Wildman–Crippen MR) is 113 cm³/mol. The Kier molecular flexibility index (Phi) is 3.83. The highest BCUT2D eigenvalue weighted by Crippen LogP contribution is 2.20. The van der Waals surface area contributed by atoms with E-state index in [1.54, 1.807) is 0 Å². The van der Waals surface area contributed by atoms with Crippen molar-refractivity contribution in [1.82, 2.24) is 4.57 Å². The number of aromatic nitrogens is 1. The first-order valence-electron chi connectivity index (χ1n) is 9.53. The van der Waals surface area contributed by atoms with Gasteiger partial charge in [0.25, 0.3) is 0 Å². The summed E-state index contributed by atoms with van der Waals surface area (Å²) < 4.78 is 2.35. The summed E-state index contributed by atoms with van der Waals surface area (Å²) in [6.45, 7) is 0. The molecule has 1 heterocycles. The molecule has 5 rings (SSSR count). The zero-order chi connectivity index (χ0) is 18.2. The maximum atomic E-state index is 6.49. The Labute approximate surface area is 158 Å². The molecule has 0 spiro atoms. The highest BCUT2D eigenvalue weighted by Gasteiger charge is 2.14. The third kappa shape index (κ3) is 2.74. The Hall–Kier alpha value is -3.26. The summed E-state index contributed by atoms with van der Waals surface area (Å²) >= 11 is 0. The van der Waals surface area contributed by atoms with E-state index in [-0.39, 0.29) is 0 Å². The average molecular weight is 350 g/mol. The molecule has 0 saturated carbocycles. The molecule has 0 atom stereocenters. The van der Waals surface area contributed by atoms with E-state index in [0.717, 1.165) is 25.0 Å². The van der Waals surface area contributed by atoms with E-state index >= 15 is 0 Å². The first-order valence-corrected chi connectivity index (χ1v) is 9.53. The van der Waals surface area contributed by atoms with E-state index in [2.05, 4.69) is 89.5 Å². The zero-order valence-corrected chi connectivity index (χ0v) is 15.2. The molecule has 2 nitrogen and oxygen atoms in total. The van der Waals surface area contributed by atoms with Crippen molar-refractivity contribution < 1.29 is 0 Å². The van der Waals surface area contributed by atoms with Gasteiger partial charge in [0, 0.05) is 22.0 Å². The molecular weight excluding hydrogens is 328 g/mol. The van der Waals surface area contributed by atoms with Gasteiger partial charge in [0.1, 0.15) is 0 Å². The van der Waals surface area contributed by atoms with Gasteiger partial charge in [-0.2, -0.15) is 0 Å². The van der Waals surface area contributed by atoms with Crippen LogP contribution in [0.3, 0.4) is 0 Å². The van der Waals surface area contributed by atoms with E-state index in [1.165, 1.54) is 38.3 Å². The minimum Gasteiger partial charge on any atom is -0.401 e. The van der Waals surface area contributed by atoms with Crippen LogP contribution in [-0.4, -0.2) is 4.57 Å². The van der Waals surface area contributed by atoms with E-state index in [9.17, 15) is 0 Å². The van der Waals surface area contributed by atoms with Gasteiger partial charge in [0.2, 0.25) is 0 Å². The number of nitrogens with two attached hydrogens (primary N) is 1. The summed E-state index contributed by atoms with van der Waals surface area (Å²) in [5, 5.41) is 3.71. The molecule has 0 unspecified atom stereocenters. The van der Waals surface area contributed by atoms with Crippen LogP contribution in [0.15, 0.2) is 78.9 Å². The normalized spacial score (nSPS) is 13.4. The highest BCUT2D eigenvalue weighted by molar-refractivity contribution is 5.86. The fourth-order valence-electron chi connectivity index (χ4n) is 4.17. The van der Waals surface area contributed by atoms with Crippen LogP contribution in [0.25, 0.3) is 28.4 Å². The number of para-hydroxylation sites is 1. The van der Waals surface area contributed by atoms with Crippen LogP contribution in [0.2, 0.25) is 0 Å². The molecule has 2 N–H and O–H groups in total. The number of benzene rings is 3. The van der Waals surface area contributed by atoms with E-state index < -0.39 is 0 Å². The lowest BCUT2D eigenvalue weighted by molar-refractivity contribution is 0.996. The molecule has 0 amide bonds. The van der Waals surface area contributed by atoms with Crippen LogP contribution < -0.4 is 16.3 Å². The van der Waals surface area contributed by atoms with Crippen molar-refractivity contribution in [2.24, 2.45) is 5.73 Å². The largest absolute Gasteiger partial charge is 0.401 e. The highest BCUT2D eigenvalue weighted by atomic mass is 15.0. The summed E-state index contributed by atoms with van der Waals surface area (Å²) in [6.07, 6.45) is 5.20. The van der Waals surface area contributed by atoms with Crippen molar-refractivity contribution in [2.45, 2.75) is 19.3 Å². The van der Waals surface area contributed by atoms with Crippen molar-refractivity contribution in [2.75, 3.05) is 0 Å². The van der Waals surface area contributed by atoms with E-state index in [0.29, 0.717) is 0 Å². The molecule has 27 heavy (non-hydrogen) atoms. The van der Waals surface area contributed by atoms with Crippen molar-refractivity contribution >= 4 is 22.7 Å². The third-order valence-corrected chi connectivity index (χ3v) is 5.41. The van der Waals surface area contributed by atoms with Gasteiger partial charge < -0.3 is 10.3 Å². The molecule has 0 aliphatic heterocycles. The maximum absolute atomic E-state index is 6.49. The molecule has 0 bridgehead atoms. The van der Waals surface area contributed by atoms with E-state index in [4.69, 9.17) is 5.73 Å². The quantitative estimate of drug-likeness (QED) is 0.598. The average Bonchev–Trinajstić information content (AvgIpc) is 3.04. The number of hydrogen-bond donors (Lipinski definition) is 1. The smallest absolute Gasteiger partial charge is 0.0541 e. The minimum atomic E-state index is 0.934. The Morgan fingerprint density at radius 2 is 1.56 bits per heavy atom. The van der Waals surface area contributed by atoms with Crippen LogP contribution >= 0.6 is 0 Å². The summed E-state index contributed by atoms with van der Waals surface area (Å²) in [4.78, 5) is 0. The molecular formula is C25H22N2. The van der Waals surface area contributed by atoms with Gasteiger partial charge in [-0.1, -0.05) is 60.7 Å². The second-order valence-corrected chi connectivity index (χ2v) is 7.21. The maximum Gasteiger partial charge on any atom is 0.0541 e.